The number of nitrogens with zero attached hydrogens (tertiary/aromatic N) is 1. The van der Waals surface area contributed by atoms with Crippen LogP contribution in [0.15, 0.2) is 53.5 Å². The molecule has 0 spiro atoms. The van der Waals surface area contributed by atoms with Crippen molar-refractivity contribution in [1.82, 2.24) is 0 Å². The number of benzene rings is 2. The van der Waals surface area contributed by atoms with Crippen LogP contribution in [0, 0.1) is 0 Å². The van der Waals surface area contributed by atoms with E-state index >= 15 is 0 Å². The first kappa shape index (κ1) is 13.0. The van der Waals surface area contributed by atoms with E-state index in [1.165, 1.54) is 41.6 Å². The van der Waals surface area contributed by atoms with Crippen LogP contribution < -0.4 is 5.32 Å². The topological polar surface area (TPSA) is 24.4 Å². The minimum Gasteiger partial charge on any atom is -0.335 e. The Balaban J connectivity index is 1.55. The van der Waals surface area contributed by atoms with Crippen molar-refractivity contribution in [3.8, 4) is 0 Å². The van der Waals surface area contributed by atoms with Gasteiger partial charge in [-0.3, -0.25) is 4.99 Å². The Morgan fingerprint density at radius 1 is 1.10 bits per heavy atom. The van der Waals surface area contributed by atoms with Crippen molar-refractivity contribution in [1.29, 1.82) is 0 Å². The van der Waals surface area contributed by atoms with Crippen LogP contribution in [0.4, 0.5) is 5.69 Å². The van der Waals surface area contributed by atoms with Gasteiger partial charge in [0.15, 0.2) is 5.17 Å². The normalized spacial score (nSPS) is 19.4. The number of anilines is 1. The fourth-order valence-electron chi connectivity index (χ4n) is 3.18. The van der Waals surface area contributed by atoms with Gasteiger partial charge in [0.05, 0.1) is 6.04 Å². The number of thioether (sulfide) groups is 1. The number of aliphatic imine (C=N–C) groups is 1. The highest BCUT2D eigenvalue weighted by Crippen LogP contribution is 2.41. The Labute approximate surface area is 129 Å². The van der Waals surface area contributed by atoms with Crippen LogP contribution in [0.2, 0.25) is 0 Å². The maximum absolute atomic E-state index is 4.94. The molecule has 2 aromatic rings. The largest absolute Gasteiger partial charge is 0.335 e. The predicted molar refractivity (Wildman–Crippen MR) is 90.9 cm³/mol. The third-order valence-corrected chi connectivity index (χ3v) is 5.14. The molecule has 21 heavy (non-hydrogen) atoms. The summed E-state index contributed by atoms with van der Waals surface area (Å²) in [5.41, 5.74) is 5.53. The molecule has 1 unspecified atom stereocenters. The van der Waals surface area contributed by atoms with Crippen molar-refractivity contribution in [3.05, 3.63) is 65.2 Å². The van der Waals surface area contributed by atoms with Crippen molar-refractivity contribution in [3.63, 3.8) is 0 Å². The van der Waals surface area contributed by atoms with E-state index in [1.54, 1.807) is 11.8 Å². The van der Waals surface area contributed by atoms with E-state index in [9.17, 15) is 0 Å². The van der Waals surface area contributed by atoms with Crippen molar-refractivity contribution < 1.29 is 0 Å². The summed E-state index contributed by atoms with van der Waals surface area (Å²) in [6.07, 6.45) is 3.63. The smallest absolute Gasteiger partial charge is 0.161 e. The summed E-state index contributed by atoms with van der Waals surface area (Å²) >= 11 is 1.80. The van der Waals surface area contributed by atoms with Gasteiger partial charge in [0.25, 0.3) is 0 Å². The zero-order chi connectivity index (χ0) is 14.1. The highest BCUT2D eigenvalue weighted by atomic mass is 32.2. The zero-order valence-corrected chi connectivity index (χ0v) is 12.7. The lowest BCUT2D eigenvalue weighted by molar-refractivity contribution is 0.572. The maximum Gasteiger partial charge on any atom is 0.161 e. The average Bonchev–Trinajstić information content (AvgIpc) is 2.54. The molecule has 1 heterocycles. The molecular formula is C18H18N2S. The Bertz CT molecular complexity index is 679. The first-order chi connectivity index (χ1) is 10.4. The summed E-state index contributed by atoms with van der Waals surface area (Å²) in [4.78, 5) is 4.94. The molecule has 4 rings (SSSR count). The second kappa shape index (κ2) is 5.57. The van der Waals surface area contributed by atoms with Gasteiger partial charge in [0.2, 0.25) is 0 Å². The van der Waals surface area contributed by atoms with Gasteiger partial charge in [-0.25, -0.2) is 0 Å². The summed E-state index contributed by atoms with van der Waals surface area (Å²) in [6, 6.07) is 17.6. The van der Waals surface area contributed by atoms with Crippen molar-refractivity contribution in [2.45, 2.75) is 31.1 Å². The molecule has 3 heteroatoms. The lowest BCUT2D eigenvalue weighted by Gasteiger charge is -2.30. The molecular weight excluding hydrogens is 276 g/mol. The van der Waals surface area contributed by atoms with Gasteiger partial charge in [0.1, 0.15) is 0 Å². The van der Waals surface area contributed by atoms with E-state index in [-0.39, 0.29) is 0 Å². The summed E-state index contributed by atoms with van der Waals surface area (Å²) in [5, 5.41) is 4.58. The van der Waals surface area contributed by atoms with Gasteiger partial charge in [-0.1, -0.05) is 54.2 Å². The third kappa shape index (κ3) is 2.58. The first-order valence-corrected chi connectivity index (χ1v) is 8.52. The minimum atomic E-state index is 0.365. The maximum atomic E-state index is 4.94. The fourth-order valence-corrected chi connectivity index (χ4v) is 4.06. The SMILES string of the molecule is c1ccc(CSC2=NC3CCCc4cccc(c43)N2)cc1. The molecule has 0 amide bonds. The van der Waals surface area contributed by atoms with Crippen LogP contribution in [-0.2, 0) is 12.2 Å². The molecule has 0 saturated heterocycles. The number of amidine groups is 1. The number of hydrogen-bond acceptors (Lipinski definition) is 3. The fraction of sp³-hybridized carbons (Fsp3) is 0.278. The van der Waals surface area contributed by atoms with E-state index in [2.05, 4.69) is 53.8 Å². The zero-order valence-electron chi connectivity index (χ0n) is 11.9. The number of hydrogen-bond donors (Lipinski definition) is 1. The minimum absolute atomic E-state index is 0.365. The molecule has 0 aromatic heterocycles. The molecule has 0 bridgehead atoms. The van der Waals surface area contributed by atoms with Crippen LogP contribution in [-0.4, -0.2) is 5.17 Å². The Morgan fingerprint density at radius 3 is 2.90 bits per heavy atom. The molecule has 2 aromatic carbocycles. The third-order valence-electron chi connectivity index (χ3n) is 4.19. The molecule has 1 aliphatic heterocycles. The van der Waals surface area contributed by atoms with Crippen molar-refractivity contribution in [2.24, 2.45) is 4.99 Å². The second-order valence-corrected chi connectivity index (χ2v) is 6.58. The molecule has 2 aliphatic rings. The van der Waals surface area contributed by atoms with Crippen LogP contribution in [0.1, 0.15) is 35.6 Å². The Hall–Kier alpha value is -1.74. The molecule has 106 valence electrons. The van der Waals surface area contributed by atoms with Crippen molar-refractivity contribution >= 4 is 22.6 Å². The Morgan fingerprint density at radius 2 is 2.00 bits per heavy atom. The number of nitrogens with one attached hydrogen (secondary N) is 1. The van der Waals surface area contributed by atoms with Crippen LogP contribution in [0.25, 0.3) is 0 Å². The van der Waals surface area contributed by atoms with E-state index < -0.39 is 0 Å². The number of rotatable bonds is 2. The van der Waals surface area contributed by atoms with Crippen LogP contribution in [0.5, 0.6) is 0 Å². The van der Waals surface area contributed by atoms with Crippen molar-refractivity contribution in [2.75, 3.05) is 5.32 Å². The quantitative estimate of drug-likeness (QED) is 0.862. The van der Waals surface area contributed by atoms with Crippen LogP contribution in [0.3, 0.4) is 0 Å². The molecule has 0 saturated carbocycles. The lowest BCUT2D eigenvalue weighted by atomic mass is 9.86. The monoisotopic (exact) mass is 294 g/mol. The van der Waals surface area contributed by atoms with Gasteiger partial charge in [-0.05, 0) is 36.5 Å². The Kier molecular flexibility index (Phi) is 3.44. The molecule has 1 atom stereocenters. The van der Waals surface area contributed by atoms with Crippen LogP contribution >= 0.6 is 11.8 Å². The van der Waals surface area contributed by atoms with Gasteiger partial charge < -0.3 is 5.32 Å². The van der Waals surface area contributed by atoms with E-state index in [0.717, 1.165) is 10.9 Å². The van der Waals surface area contributed by atoms with E-state index in [0.29, 0.717) is 6.04 Å². The highest BCUT2D eigenvalue weighted by molar-refractivity contribution is 8.13. The molecule has 0 fully saturated rings. The van der Waals surface area contributed by atoms with Gasteiger partial charge in [-0.2, -0.15) is 0 Å². The van der Waals surface area contributed by atoms with E-state index in [1.807, 2.05) is 0 Å². The second-order valence-electron chi connectivity index (χ2n) is 5.62. The highest BCUT2D eigenvalue weighted by Gasteiger charge is 2.26. The molecule has 1 N–H and O–H groups in total. The standard InChI is InChI=1S/C18H18N2S/c1-2-6-13(7-3-1)12-21-18-19-15-10-4-8-14-9-5-11-16(20-18)17(14)15/h1-4,6-8,10,16H,5,9,11-12H2,(H,19,20). The summed E-state index contributed by atoms with van der Waals surface area (Å²) < 4.78 is 0. The molecule has 1 aliphatic carbocycles. The lowest BCUT2D eigenvalue weighted by Crippen LogP contribution is -2.21. The van der Waals surface area contributed by atoms with Gasteiger partial charge in [0, 0.05) is 17.0 Å². The molecule has 2 nitrogen and oxygen atoms in total. The average molecular weight is 294 g/mol. The summed E-state index contributed by atoms with van der Waals surface area (Å²) in [6.45, 7) is 0. The van der Waals surface area contributed by atoms with Gasteiger partial charge >= 0.3 is 0 Å². The number of aryl methyl sites for hydroxylation is 1. The summed E-state index contributed by atoms with van der Waals surface area (Å²) in [7, 11) is 0. The first-order valence-electron chi connectivity index (χ1n) is 7.53. The molecule has 0 radical (unpaired) electrons. The van der Waals surface area contributed by atoms with E-state index in [4.69, 9.17) is 4.99 Å². The predicted octanol–water partition coefficient (Wildman–Crippen LogP) is 4.78. The summed E-state index contributed by atoms with van der Waals surface area (Å²) in [5.74, 6) is 0.967. The van der Waals surface area contributed by atoms with Gasteiger partial charge in [-0.15, -0.1) is 0 Å².